The summed E-state index contributed by atoms with van der Waals surface area (Å²) in [5.74, 6) is 0.389. The van der Waals surface area contributed by atoms with Gasteiger partial charge in [-0.3, -0.25) is 4.21 Å². The standard InChI is InChI=1S/C15H14N2OS/c1-11-5-6-14(17)8-15(11)19(18)10-13-4-2-3-12(7-13)9-16/h2-8H,10,17H2,1H3. The molecule has 1 atom stereocenters. The molecule has 0 radical (unpaired) electrons. The van der Waals surface area contributed by atoms with Crippen molar-refractivity contribution >= 4 is 16.5 Å². The van der Waals surface area contributed by atoms with E-state index in [4.69, 9.17) is 11.0 Å². The van der Waals surface area contributed by atoms with Crippen LogP contribution in [-0.4, -0.2) is 4.21 Å². The molecule has 0 spiro atoms. The fourth-order valence-corrected chi connectivity index (χ4v) is 3.15. The first-order valence-corrected chi connectivity index (χ1v) is 7.15. The monoisotopic (exact) mass is 270 g/mol. The molecule has 0 aromatic heterocycles. The van der Waals surface area contributed by atoms with Gasteiger partial charge in [0.15, 0.2) is 0 Å². The molecule has 0 bridgehead atoms. The smallest absolute Gasteiger partial charge is 0.0991 e. The largest absolute Gasteiger partial charge is 0.399 e. The summed E-state index contributed by atoms with van der Waals surface area (Å²) in [4.78, 5) is 0.752. The lowest BCUT2D eigenvalue weighted by Crippen LogP contribution is -2.00. The minimum atomic E-state index is -1.16. The van der Waals surface area contributed by atoms with Crippen LogP contribution in [0.5, 0.6) is 0 Å². The van der Waals surface area contributed by atoms with Gasteiger partial charge >= 0.3 is 0 Å². The van der Waals surface area contributed by atoms with Gasteiger partial charge in [-0.1, -0.05) is 18.2 Å². The summed E-state index contributed by atoms with van der Waals surface area (Å²) in [6, 6.07) is 14.7. The van der Waals surface area contributed by atoms with Crippen LogP contribution in [0.4, 0.5) is 5.69 Å². The zero-order chi connectivity index (χ0) is 13.8. The molecule has 0 aliphatic carbocycles. The molecular weight excluding hydrogens is 256 g/mol. The van der Waals surface area contributed by atoms with E-state index in [-0.39, 0.29) is 0 Å². The number of nitrogens with zero attached hydrogens (tertiary/aromatic N) is 1. The SMILES string of the molecule is Cc1ccc(N)cc1S(=O)Cc1cccc(C#N)c1. The van der Waals surface area contributed by atoms with Gasteiger partial charge < -0.3 is 5.73 Å². The van der Waals surface area contributed by atoms with E-state index >= 15 is 0 Å². The van der Waals surface area contributed by atoms with Crippen molar-refractivity contribution in [3.63, 3.8) is 0 Å². The number of hydrogen-bond donors (Lipinski definition) is 1. The van der Waals surface area contributed by atoms with E-state index in [1.165, 1.54) is 0 Å². The van der Waals surface area contributed by atoms with E-state index in [1.807, 2.05) is 19.1 Å². The number of anilines is 1. The predicted molar refractivity (Wildman–Crippen MR) is 76.9 cm³/mol. The van der Waals surface area contributed by atoms with Crippen molar-refractivity contribution in [2.75, 3.05) is 5.73 Å². The van der Waals surface area contributed by atoms with Crippen LogP contribution in [-0.2, 0) is 16.6 Å². The van der Waals surface area contributed by atoms with Crippen molar-refractivity contribution in [1.82, 2.24) is 0 Å². The molecular formula is C15H14N2OS. The molecule has 1 unspecified atom stereocenters. The average molecular weight is 270 g/mol. The molecule has 0 aliphatic heterocycles. The Morgan fingerprint density at radius 1 is 1.26 bits per heavy atom. The van der Waals surface area contributed by atoms with Gasteiger partial charge in [0.2, 0.25) is 0 Å². The van der Waals surface area contributed by atoms with E-state index in [9.17, 15) is 4.21 Å². The van der Waals surface area contributed by atoms with Crippen molar-refractivity contribution in [3.05, 3.63) is 59.2 Å². The summed E-state index contributed by atoms with van der Waals surface area (Å²) >= 11 is 0. The topological polar surface area (TPSA) is 66.9 Å². The number of rotatable bonds is 3. The molecule has 19 heavy (non-hydrogen) atoms. The van der Waals surface area contributed by atoms with Crippen molar-refractivity contribution in [3.8, 4) is 6.07 Å². The summed E-state index contributed by atoms with van der Waals surface area (Å²) < 4.78 is 12.4. The Balaban J connectivity index is 2.26. The van der Waals surface area contributed by atoms with E-state index < -0.39 is 10.8 Å². The predicted octanol–water partition coefficient (Wildman–Crippen LogP) is 2.76. The number of nitrogen functional groups attached to an aromatic ring is 1. The van der Waals surface area contributed by atoms with Crippen molar-refractivity contribution < 1.29 is 4.21 Å². The lowest BCUT2D eigenvalue weighted by Gasteiger charge is -2.07. The van der Waals surface area contributed by atoms with Gasteiger partial charge in [-0.2, -0.15) is 5.26 Å². The molecule has 4 heteroatoms. The highest BCUT2D eigenvalue weighted by molar-refractivity contribution is 7.84. The fourth-order valence-electron chi connectivity index (χ4n) is 1.82. The second-order valence-corrected chi connectivity index (χ2v) is 5.75. The van der Waals surface area contributed by atoms with Gasteiger partial charge in [0.1, 0.15) is 0 Å². The molecule has 2 aromatic rings. The van der Waals surface area contributed by atoms with Crippen LogP contribution in [0.15, 0.2) is 47.4 Å². The normalized spacial score (nSPS) is 11.8. The molecule has 0 aliphatic rings. The highest BCUT2D eigenvalue weighted by atomic mass is 32.2. The molecule has 2 N–H and O–H groups in total. The maximum atomic E-state index is 12.4. The van der Waals surface area contributed by atoms with Gasteiger partial charge in [-0.15, -0.1) is 0 Å². The highest BCUT2D eigenvalue weighted by Crippen LogP contribution is 2.19. The van der Waals surface area contributed by atoms with Crippen LogP contribution in [0.3, 0.4) is 0 Å². The lowest BCUT2D eigenvalue weighted by molar-refractivity contribution is 0.682. The van der Waals surface area contributed by atoms with E-state index in [0.29, 0.717) is 17.0 Å². The van der Waals surface area contributed by atoms with Gasteiger partial charge in [0.05, 0.1) is 28.2 Å². The first kappa shape index (κ1) is 13.3. The number of nitriles is 1. The second-order valence-electron chi connectivity index (χ2n) is 4.33. The maximum Gasteiger partial charge on any atom is 0.0991 e. The number of nitrogens with two attached hydrogens (primary N) is 1. The minimum absolute atomic E-state index is 0.389. The Hall–Kier alpha value is -2.12. The van der Waals surface area contributed by atoms with Crippen LogP contribution in [0, 0.1) is 18.3 Å². The van der Waals surface area contributed by atoms with Gasteiger partial charge in [-0.25, -0.2) is 0 Å². The first-order valence-electron chi connectivity index (χ1n) is 5.83. The molecule has 0 amide bonds. The quantitative estimate of drug-likeness (QED) is 0.872. The van der Waals surface area contributed by atoms with Crippen LogP contribution in [0.1, 0.15) is 16.7 Å². The van der Waals surface area contributed by atoms with Crippen LogP contribution < -0.4 is 5.73 Å². The third-order valence-corrected chi connectivity index (χ3v) is 4.34. The Morgan fingerprint density at radius 3 is 2.79 bits per heavy atom. The molecule has 0 saturated carbocycles. The molecule has 2 rings (SSSR count). The molecule has 3 nitrogen and oxygen atoms in total. The molecule has 0 fully saturated rings. The lowest BCUT2D eigenvalue weighted by atomic mass is 10.2. The maximum absolute atomic E-state index is 12.4. The Labute approximate surface area is 115 Å². The van der Waals surface area contributed by atoms with Gasteiger partial charge in [0.25, 0.3) is 0 Å². The van der Waals surface area contributed by atoms with E-state index in [2.05, 4.69) is 6.07 Å². The summed E-state index contributed by atoms with van der Waals surface area (Å²) in [7, 11) is -1.16. The second kappa shape index (κ2) is 5.68. The Bertz CT molecular complexity index is 674. The fraction of sp³-hybridized carbons (Fsp3) is 0.133. The first-order chi connectivity index (χ1) is 9.10. The van der Waals surface area contributed by atoms with E-state index in [0.717, 1.165) is 16.0 Å². The zero-order valence-corrected chi connectivity index (χ0v) is 11.4. The molecule has 0 saturated heterocycles. The third kappa shape index (κ3) is 3.21. The Morgan fingerprint density at radius 2 is 2.05 bits per heavy atom. The minimum Gasteiger partial charge on any atom is -0.399 e. The molecule has 96 valence electrons. The number of hydrogen-bond acceptors (Lipinski definition) is 3. The Kier molecular flexibility index (Phi) is 3.98. The average Bonchev–Trinajstić information content (AvgIpc) is 2.41. The molecule has 0 heterocycles. The van der Waals surface area contributed by atoms with Crippen molar-refractivity contribution in [2.24, 2.45) is 0 Å². The summed E-state index contributed by atoms with van der Waals surface area (Å²) in [5, 5.41) is 8.85. The highest BCUT2D eigenvalue weighted by Gasteiger charge is 2.09. The van der Waals surface area contributed by atoms with Crippen LogP contribution in [0.2, 0.25) is 0 Å². The summed E-state index contributed by atoms with van der Waals surface area (Å²) in [5.41, 5.74) is 8.77. The molecule has 2 aromatic carbocycles. The van der Waals surface area contributed by atoms with Crippen LogP contribution >= 0.6 is 0 Å². The van der Waals surface area contributed by atoms with Crippen molar-refractivity contribution in [1.29, 1.82) is 5.26 Å². The van der Waals surface area contributed by atoms with Crippen LogP contribution in [0.25, 0.3) is 0 Å². The third-order valence-electron chi connectivity index (χ3n) is 2.81. The van der Waals surface area contributed by atoms with Gasteiger partial charge in [0, 0.05) is 10.6 Å². The van der Waals surface area contributed by atoms with E-state index in [1.54, 1.807) is 30.3 Å². The summed E-state index contributed by atoms with van der Waals surface area (Å²) in [6.45, 7) is 1.92. The van der Waals surface area contributed by atoms with Gasteiger partial charge in [-0.05, 0) is 42.3 Å². The zero-order valence-electron chi connectivity index (χ0n) is 10.6. The number of aryl methyl sites for hydroxylation is 1. The van der Waals surface area contributed by atoms with Crippen molar-refractivity contribution in [2.45, 2.75) is 17.6 Å². The number of benzene rings is 2. The summed E-state index contributed by atoms with van der Waals surface area (Å²) in [6.07, 6.45) is 0.